The first-order chi connectivity index (χ1) is 3.93. The zero-order valence-corrected chi connectivity index (χ0v) is 5.13. The molecule has 1 rings (SSSR count). The predicted octanol–water partition coefficient (Wildman–Crippen LogP) is 1.16. The average Bonchev–Trinajstić information content (AvgIpc) is 1.90. The van der Waals surface area contributed by atoms with Crippen LogP contribution in [0.3, 0.4) is 0 Å². The Balaban J connectivity index is 2.32. The van der Waals surface area contributed by atoms with Gasteiger partial charge in [-0.05, 0) is 13.3 Å². The smallest absolute Gasteiger partial charge is 0.0783 e. The summed E-state index contributed by atoms with van der Waals surface area (Å²) in [7, 11) is 0. The van der Waals surface area contributed by atoms with E-state index in [0.29, 0.717) is 0 Å². The van der Waals surface area contributed by atoms with E-state index < -0.39 is 0 Å². The van der Waals surface area contributed by atoms with Crippen LogP contribution in [0.2, 0.25) is 0 Å². The SMILES string of the molecule is CCN1C=CCCO1. The molecule has 0 spiro atoms. The second-order valence-corrected chi connectivity index (χ2v) is 1.74. The Labute approximate surface area is 49.7 Å². The third kappa shape index (κ3) is 1.23. The summed E-state index contributed by atoms with van der Waals surface area (Å²) in [5.41, 5.74) is 0. The molecule has 2 heteroatoms. The Kier molecular flexibility index (Phi) is 1.92. The molecule has 0 aromatic heterocycles. The number of hydrogen-bond donors (Lipinski definition) is 0. The minimum Gasteiger partial charge on any atom is -0.274 e. The van der Waals surface area contributed by atoms with E-state index in [-0.39, 0.29) is 0 Å². The van der Waals surface area contributed by atoms with Gasteiger partial charge in [-0.3, -0.25) is 9.90 Å². The van der Waals surface area contributed by atoms with Crippen LogP contribution in [0.15, 0.2) is 12.3 Å². The summed E-state index contributed by atoms with van der Waals surface area (Å²) in [5, 5.41) is 1.84. The van der Waals surface area contributed by atoms with Crippen LogP contribution in [0.1, 0.15) is 13.3 Å². The molecule has 0 N–H and O–H groups in total. The number of hydroxylamine groups is 2. The van der Waals surface area contributed by atoms with Gasteiger partial charge in [-0.15, -0.1) is 0 Å². The van der Waals surface area contributed by atoms with Gasteiger partial charge in [0, 0.05) is 12.7 Å². The topological polar surface area (TPSA) is 12.5 Å². The fourth-order valence-electron chi connectivity index (χ4n) is 0.670. The molecule has 1 aliphatic rings. The van der Waals surface area contributed by atoms with E-state index >= 15 is 0 Å². The predicted molar refractivity (Wildman–Crippen MR) is 32.1 cm³/mol. The Morgan fingerprint density at radius 1 is 1.75 bits per heavy atom. The van der Waals surface area contributed by atoms with Crippen molar-refractivity contribution in [2.24, 2.45) is 0 Å². The van der Waals surface area contributed by atoms with Crippen molar-refractivity contribution in [3.63, 3.8) is 0 Å². The van der Waals surface area contributed by atoms with E-state index in [0.717, 1.165) is 19.6 Å². The van der Waals surface area contributed by atoms with Crippen molar-refractivity contribution in [3.05, 3.63) is 12.3 Å². The van der Waals surface area contributed by atoms with Crippen molar-refractivity contribution < 1.29 is 4.84 Å². The highest BCUT2D eigenvalue weighted by Gasteiger charge is 1.97. The quantitative estimate of drug-likeness (QED) is 0.506. The van der Waals surface area contributed by atoms with Crippen LogP contribution in [0, 0.1) is 0 Å². The van der Waals surface area contributed by atoms with Gasteiger partial charge in [0.1, 0.15) is 0 Å². The van der Waals surface area contributed by atoms with Crippen molar-refractivity contribution in [2.75, 3.05) is 13.2 Å². The van der Waals surface area contributed by atoms with Crippen LogP contribution < -0.4 is 0 Å². The monoisotopic (exact) mass is 113 g/mol. The van der Waals surface area contributed by atoms with Crippen molar-refractivity contribution in [3.8, 4) is 0 Å². The van der Waals surface area contributed by atoms with E-state index in [1.54, 1.807) is 0 Å². The van der Waals surface area contributed by atoms with Gasteiger partial charge in [0.2, 0.25) is 0 Å². The molecular weight excluding hydrogens is 102 g/mol. The van der Waals surface area contributed by atoms with Gasteiger partial charge in [0.05, 0.1) is 6.61 Å². The lowest BCUT2D eigenvalue weighted by Crippen LogP contribution is -2.20. The van der Waals surface area contributed by atoms with E-state index in [2.05, 4.69) is 13.0 Å². The van der Waals surface area contributed by atoms with Crippen LogP contribution in [-0.4, -0.2) is 18.2 Å². The van der Waals surface area contributed by atoms with Crippen LogP contribution in [0.4, 0.5) is 0 Å². The van der Waals surface area contributed by atoms with E-state index in [4.69, 9.17) is 4.84 Å². The number of hydrogen-bond acceptors (Lipinski definition) is 2. The molecule has 0 atom stereocenters. The Morgan fingerprint density at radius 2 is 2.62 bits per heavy atom. The molecule has 0 amide bonds. The van der Waals surface area contributed by atoms with Crippen LogP contribution >= 0.6 is 0 Å². The maximum atomic E-state index is 5.17. The highest BCUT2D eigenvalue weighted by atomic mass is 16.7. The fraction of sp³-hybridized carbons (Fsp3) is 0.667. The van der Waals surface area contributed by atoms with Crippen LogP contribution in [-0.2, 0) is 4.84 Å². The lowest BCUT2D eigenvalue weighted by Gasteiger charge is -2.20. The molecule has 46 valence electrons. The van der Waals surface area contributed by atoms with Crippen LogP contribution in [0.5, 0.6) is 0 Å². The van der Waals surface area contributed by atoms with Gasteiger partial charge in [0.25, 0.3) is 0 Å². The molecular formula is C6H11NO. The molecule has 0 saturated heterocycles. The molecule has 0 bridgehead atoms. The molecule has 2 nitrogen and oxygen atoms in total. The molecule has 0 aromatic rings. The lowest BCUT2D eigenvalue weighted by atomic mass is 10.4. The second-order valence-electron chi connectivity index (χ2n) is 1.74. The van der Waals surface area contributed by atoms with Crippen molar-refractivity contribution in [2.45, 2.75) is 13.3 Å². The van der Waals surface area contributed by atoms with E-state index in [1.165, 1.54) is 0 Å². The zero-order chi connectivity index (χ0) is 5.82. The van der Waals surface area contributed by atoms with Crippen molar-refractivity contribution in [1.29, 1.82) is 0 Å². The molecule has 0 aliphatic carbocycles. The maximum absolute atomic E-state index is 5.17. The average molecular weight is 113 g/mol. The summed E-state index contributed by atoms with van der Waals surface area (Å²) < 4.78 is 0. The third-order valence-corrected chi connectivity index (χ3v) is 1.12. The third-order valence-electron chi connectivity index (χ3n) is 1.12. The van der Waals surface area contributed by atoms with E-state index in [9.17, 15) is 0 Å². The molecule has 0 saturated carbocycles. The minimum absolute atomic E-state index is 0.838. The summed E-state index contributed by atoms with van der Waals surface area (Å²) in [6.45, 7) is 3.84. The molecule has 0 fully saturated rings. The normalized spacial score (nSPS) is 19.4. The largest absolute Gasteiger partial charge is 0.274 e. The summed E-state index contributed by atoms with van der Waals surface area (Å²) in [4.78, 5) is 5.17. The van der Waals surface area contributed by atoms with Gasteiger partial charge in [-0.2, -0.15) is 0 Å². The van der Waals surface area contributed by atoms with Crippen molar-refractivity contribution in [1.82, 2.24) is 5.06 Å². The Hall–Kier alpha value is -0.500. The first-order valence-corrected chi connectivity index (χ1v) is 2.99. The van der Waals surface area contributed by atoms with Gasteiger partial charge in [0.15, 0.2) is 0 Å². The molecule has 0 unspecified atom stereocenters. The summed E-state index contributed by atoms with van der Waals surface area (Å²) in [5.74, 6) is 0. The number of nitrogens with zero attached hydrogens (tertiary/aromatic N) is 1. The first kappa shape index (κ1) is 5.63. The minimum atomic E-state index is 0.838. The van der Waals surface area contributed by atoms with Gasteiger partial charge in [-0.1, -0.05) is 6.08 Å². The highest BCUT2D eigenvalue weighted by Crippen LogP contribution is 2.00. The van der Waals surface area contributed by atoms with Gasteiger partial charge in [-0.25, -0.2) is 0 Å². The maximum Gasteiger partial charge on any atom is 0.0783 e. The summed E-state index contributed by atoms with van der Waals surface area (Å²) >= 11 is 0. The summed E-state index contributed by atoms with van der Waals surface area (Å²) in [6, 6.07) is 0. The van der Waals surface area contributed by atoms with E-state index in [1.807, 2.05) is 11.3 Å². The molecule has 0 radical (unpaired) electrons. The first-order valence-electron chi connectivity index (χ1n) is 2.99. The lowest BCUT2D eigenvalue weighted by molar-refractivity contribution is -0.123. The molecule has 0 aromatic carbocycles. The van der Waals surface area contributed by atoms with Crippen molar-refractivity contribution >= 4 is 0 Å². The van der Waals surface area contributed by atoms with Gasteiger partial charge < -0.3 is 0 Å². The molecule has 1 heterocycles. The Bertz CT molecular complexity index is 90.5. The van der Waals surface area contributed by atoms with Crippen LogP contribution in [0.25, 0.3) is 0 Å². The zero-order valence-electron chi connectivity index (χ0n) is 5.13. The molecule has 1 aliphatic heterocycles. The fourth-order valence-corrected chi connectivity index (χ4v) is 0.670. The second kappa shape index (κ2) is 2.72. The number of rotatable bonds is 1. The van der Waals surface area contributed by atoms with Gasteiger partial charge >= 0.3 is 0 Å². The Morgan fingerprint density at radius 3 is 3.00 bits per heavy atom. The summed E-state index contributed by atoms with van der Waals surface area (Å²) in [6.07, 6.45) is 5.15. The standard InChI is InChI=1S/C6H11NO/c1-2-7-5-3-4-6-8-7/h3,5H,2,4,6H2,1H3. The molecule has 8 heavy (non-hydrogen) atoms. The highest BCUT2D eigenvalue weighted by molar-refractivity contribution is 4.80.